The zero-order chi connectivity index (χ0) is 20.2. The van der Waals surface area contributed by atoms with E-state index in [9.17, 15) is 19.1 Å². The average molecular weight is 388 g/mol. The molecule has 6 nitrogen and oxygen atoms in total. The van der Waals surface area contributed by atoms with Crippen molar-refractivity contribution in [1.29, 1.82) is 5.26 Å². The van der Waals surface area contributed by atoms with Crippen LogP contribution in [0.3, 0.4) is 0 Å². The van der Waals surface area contributed by atoms with Crippen molar-refractivity contribution in [2.24, 2.45) is 0 Å². The van der Waals surface area contributed by atoms with Gasteiger partial charge in [-0.2, -0.15) is 5.26 Å². The summed E-state index contributed by atoms with van der Waals surface area (Å²) in [6.45, 7) is 5.01. The Labute approximate surface area is 159 Å². The van der Waals surface area contributed by atoms with Crippen molar-refractivity contribution in [2.45, 2.75) is 26.4 Å². The Hall–Kier alpha value is -3.18. The number of anilines is 1. The van der Waals surface area contributed by atoms with Gasteiger partial charge in [-0.1, -0.05) is 12.1 Å². The molecule has 0 aliphatic rings. The fourth-order valence-electron chi connectivity index (χ4n) is 2.13. The van der Waals surface area contributed by atoms with Crippen molar-refractivity contribution in [2.75, 3.05) is 5.32 Å². The van der Waals surface area contributed by atoms with Gasteiger partial charge in [0.05, 0.1) is 0 Å². The van der Waals surface area contributed by atoms with Crippen LogP contribution in [0.4, 0.5) is 9.39 Å². The number of nitrogens with zero attached hydrogens (tertiary/aromatic N) is 1. The second kappa shape index (κ2) is 8.01. The maximum Gasteiger partial charge on any atom is 0.350 e. The van der Waals surface area contributed by atoms with E-state index in [1.165, 1.54) is 24.3 Å². The summed E-state index contributed by atoms with van der Waals surface area (Å²) in [6.07, 6.45) is 1.11. The van der Waals surface area contributed by atoms with E-state index in [1.807, 2.05) is 0 Å². The molecule has 1 heterocycles. The topological polar surface area (TPSA) is 99.4 Å². The molecule has 0 saturated carbocycles. The fraction of sp³-hybridized carbons (Fsp3) is 0.211. The molecule has 0 fully saturated rings. The molecule has 0 atom stereocenters. The number of thiophene rings is 1. The van der Waals surface area contributed by atoms with Crippen LogP contribution in [-0.2, 0) is 9.53 Å². The molecular weight excluding hydrogens is 371 g/mol. The van der Waals surface area contributed by atoms with Crippen LogP contribution in [0.2, 0.25) is 0 Å². The summed E-state index contributed by atoms with van der Waals surface area (Å²) in [5, 5.41) is 23.2. The molecule has 0 aliphatic heterocycles. The number of aromatic carboxylic acids is 1. The highest BCUT2D eigenvalue weighted by Gasteiger charge is 2.22. The van der Waals surface area contributed by atoms with Gasteiger partial charge < -0.3 is 15.2 Å². The largest absolute Gasteiger partial charge is 0.478 e. The second-order valence-electron chi connectivity index (χ2n) is 6.48. The third kappa shape index (κ3) is 5.15. The van der Waals surface area contributed by atoms with Gasteiger partial charge in [0.2, 0.25) is 0 Å². The lowest BCUT2D eigenvalue weighted by Crippen LogP contribution is -2.24. The number of nitriles is 1. The lowest BCUT2D eigenvalue weighted by atomic mass is 10.0. The molecule has 2 N–H and O–H groups in total. The highest BCUT2D eigenvalue weighted by atomic mass is 32.1. The Bertz CT molecular complexity index is 934. The Morgan fingerprint density at radius 2 is 1.93 bits per heavy atom. The number of hydrogen-bond donors (Lipinski definition) is 2. The van der Waals surface area contributed by atoms with Crippen LogP contribution in [0.25, 0.3) is 11.1 Å². The average Bonchev–Trinajstić information content (AvgIpc) is 2.98. The van der Waals surface area contributed by atoms with Crippen molar-refractivity contribution in [3.8, 4) is 17.2 Å². The highest BCUT2D eigenvalue weighted by molar-refractivity contribution is 7.15. The van der Waals surface area contributed by atoms with Crippen molar-refractivity contribution in [3.05, 3.63) is 52.8 Å². The summed E-state index contributed by atoms with van der Waals surface area (Å²) in [6, 6.07) is 7.16. The number of ether oxygens (including phenoxy) is 1. The van der Waals surface area contributed by atoms with E-state index >= 15 is 0 Å². The molecule has 0 bridgehead atoms. The number of carboxylic acids is 1. The minimum Gasteiger partial charge on any atom is -0.478 e. The Kier molecular flexibility index (Phi) is 5.98. The first-order chi connectivity index (χ1) is 12.6. The molecule has 2 rings (SSSR count). The molecule has 0 saturated heterocycles. The van der Waals surface area contributed by atoms with Crippen molar-refractivity contribution in [1.82, 2.24) is 0 Å². The van der Waals surface area contributed by atoms with Gasteiger partial charge in [0, 0.05) is 17.1 Å². The third-order valence-corrected chi connectivity index (χ3v) is 4.16. The molecule has 0 amide bonds. The quantitative estimate of drug-likeness (QED) is 0.447. The minimum atomic E-state index is -1.19. The van der Waals surface area contributed by atoms with Crippen LogP contribution in [0, 0.1) is 17.1 Å². The van der Waals surface area contributed by atoms with Crippen molar-refractivity contribution >= 4 is 28.3 Å². The number of carbonyl (C=O) groups is 2. The van der Waals surface area contributed by atoms with Crippen molar-refractivity contribution in [3.63, 3.8) is 0 Å². The molecule has 0 radical (unpaired) electrons. The second-order valence-corrected chi connectivity index (χ2v) is 7.36. The number of nitrogens with one attached hydrogen (secondary N) is 1. The summed E-state index contributed by atoms with van der Waals surface area (Å²) in [7, 11) is 0. The number of halogens is 1. The number of carboxylic acid groups (broad SMARTS) is 1. The molecular formula is C19H17FN2O4S. The Morgan fingerprint density at radius 3 is 2.44 bits per heavy atom. The predicted molar refractivity (Wildman–Crippen MR) is 99.8 cm³/mol. The van der Waals surface area contributed by atoms with E-state index in [0.29, 0.717) is 11.1 Å². The predicted octanol–water partition coefficient (Wildman–Crippen LogP) is 4.41. The monoisotopic (exact) mass is 388 g/mol. The third-order valence-electron chi connectivity index (χ3n) is 3.25. The van der Waals surface area contributed by atoms with Crippen LogP contribution >= 0.6 is 11.3 Å². The van der Waals surface area contributed by atoms with E-state index in [0.717, 1.165) is 17.5 Å². The molecule has 0 spiro atoms. The lowest BCUT2D eigenvalue weighted by molar-refractivity contribution is -0.149. The zero-order valence-corrected chi connectivity index (χ0v) is 15.7. The van der Waals surface area contributed by atoms with Crippen LogP contribution in [0.15, 0.2) is 41.4 Å². The highest BCUT2D eigenvalue weighted by Crippen LogP contribution is 2.35. The van der Waals surface area contributed by atoms with E-state index in [4.69, 9.17) is 10.00 Å². The maximum absolute atomic E-state index is 13.1. The van der Waals surface area contributed by atoms with Crippen molar-refractivity contribution < 1.29 is 23.8 Å². The molecule has 2 aromatic rings. The van der Waals surface area contributed by atoms with Crippen LogP contribution < -0.4 is 5.32 Å². The van der Waals surface area contributed by atoms with E-state index in [-0.39, 0.29) is 16.1 Å². The molecule has 8 heteroatoms. The van der Waals surface area contributed by atoms with Gasteiger partial charge in [-0.25, -0.2) is 14.0 Å². The van der Waals surface area contributed by atoms with Crippen LogP contribution in [-0.4, -0.2) is 22.6 Å². The van der Waals surface area contributed by atoms with Gasteiger partial charge in [-0.3, -0.25) is 0 Å². The zero-order valence-electron chi connectivity index (χ0n) is 14.9. The number of hydrogen-bond acceptors (Lipinski definition) is 6. The summed E-state index contributed by atoms with van der Waals surface area (Å²) in [5.74, 6) is -2.44. The smallest absolute Gasteiger partial charge is 0.350 e. The first-order valence-electron chi connectivity index (χ1n) is 7.83. The molecule has 27 heavy (non-hydrogen) atoms. The summed E-state index contributed by atoms with van der Waals surface area (Å²) < 4.78 is 18.2. The molecule has 1 aromatic heterocycles. The van der Waals surface area contributed by atoms with Gasteiger partial charge in [0.25, 0.3) is 0 Å². The first kappa shape index (κ1) is 20.1. The van der Waals surface area contributed by atoms with Gasteiger partial charge in [-0.15, -0.1) is 11.3 Å². The number of rotatable bonds is 5. The number of carbonyl (C=O) groups excluding carboxylic acids is 1. The molecule has 0 aliphatic carbocycles. The first-order valence-corrected chi connectivity index (χ1v) is 8.71. The van der Waals surface area contributed by atoms with Gasteiger partial charge in [-0.05, 0) is 38.5 Å². The Morgan fingerprint density at radius 1 is 1.30 bits per heavy atom. The summed E-state index contributed by atoms with van der Waals surface area (Å²) in [5.41, 5.74) is -0.158. The normalized spacial score (nSPS) is 11.6. The number of esters is 1. The summed E-state index contributed by atoms with van der Waals surface area (Å²) >= 11 is 1.09. The Balaban J connectivity index is 2.34. The number of benzene rings is 1. The summed E-state index contributed by atoms with van der Waals surface area (Å²) in [4.78, 5) is 23.7. The standard InChI is InChI=1S/C19H17FN2O4S/c1-19(2,3)26-18(25)12(8-21)9-22-16-15(17(23)24)14(10-27-16)11-4-6-13(20)7-5-11/h4-7,9-10,22H,1-3H3,(H,23,24). The SMILES string of the molecule is CC(C)(C)OC(=O)C(C#N)=CNc1scc(-c2ccc(F)cc2)c1C(=O)O. The molecule has 0 unspecified atom stereocenters. The van der Waals surface area contributed by atoms with Gasteiger partial charge in [0.1, 0.15) is 28.1 Å². The molecule has 1 aromatic carbocycles. The van der Waals surface area contributed by atoms with Gasteiger partial charge in [0.15, 0.2) is 5.57 Å². The fourth-order valence-corrected chi connectivity index (χ4v) is 3.06. The van der Waals surface area contributed by atoms with E-state index in [1.54, 1.807) is 32.2 Å². The van der Waals surface area contributed by atoms with Gasteiger partial charge >= 0.3 is 11.9 Å². The molecule has 140 valence electrons. The lowest BCUT2D eigenvalue weighted by Gasteiger charge is -2.18. The van der Waals surface area contributed by atoms with Crippen LogP contribution in [0.5, 0.6) is 0 Å². The van der Waals surface area contributed by atoms with E-state index < -0.39 is 23.4 Å². The minimum absolute atomic E-state index is 0.0377. The maximum atomic E-state index is 13.1. The van der Waals surface area contributed by atoms with E-state index in [2.05, 4.69) is 5.32 Å². The van der Waals surface area contributed by atoms with Crippen LogP contribution in [0.1, 0.15) is 31.1 Å².